The number of aromatic hydroxyl groups is 1. The number of hydrogen-bond acceptors (Lipinski definition) is 7. The van der Waals surface area contributed by atoms with E-state index in [2.05, 4.69) is 0 Å². The molecule has 0 saturated heterocycles. The Kier molecular flexibility index (Phi) is 5.43. The number of hydrogen-bond donors (Lipinski definition) is 1. The summed E-state index contributed by atoms with van der Waals surface area (Å²) in [7, 11) is 0. The van der Waals surface area contributed by atoms with Crippen LogP contribution in [0.5, 0.6) is 5.75 Å². The molecule has 2 amide bonds. The number of para-hydroxylation sites is 1. The van der Waals surface area contributed by atoms with E-state index >= 15 is 0 Å². The van der Waals surface area contributed by atoms with Crippen molar-refractivity contribution in [3.8, 4) is 5.75 Å². The van der Waals surface area contributed by atoms with Crippen molar-refractivity contribution in [1.82, 2.24) is 4.90 Å². The molecule has 7 nitrogen and oxygen atoms in total. The molecule has 0 saturated carbocycles. The van der Waals surface area contributed by atoms with E-state index in [4.69, 9.17) is 4.74 Å². The highest BCUT2D eigenvalue weighted by Crippen LogP contribution is 2.37. The zero-order valence-corrected chi connectivity index (χ0v) is 18.4. The highest BCUT2D eigenvalue weighted by molar-refractivity contribution is 7.99. The highest BCUT2D eigenvalue weighted by Gasteiger charge is 2.42. The number of carbonyl (C=O) groups is 3. The van der Waals surface area contributed by atoms with Gasteiger partial charge < -0.3 is 14.7 Å². The van der Waals surface area contributed by atoms with Gasteiger partial charge in [-0.15, -0.1) is 11.8 Å². The number of benzene rings is 2. The predicted molar refractivity (Wildman–Crippen MR) is 118 cm³/mol. The van der Waals surface area contributed by atoms with Gasteiger partial charge in [0, 0.05) is 17.2 Å². The molecule has 0 aromatic heterocycles. The SMILES string of the molecule is CC(C)(C)OC(=O)CN1C[C@@H](N2C(=O)c3ccc(O)cc3C2=O)CSc2ccccc21. The fourth-order valence-electron chi connectivity index (χ4n) is 3.85. The minimum absolute atomic E-state index is 0.00923. The van der Waals surface area contributed by atoms with Crippen LogP contribution in [0.15, 0.2) is 47.4 Å². The van der Waals surface area contributed by atoms with E-state index in [0.717, 1.165) is 10.6 Å². The first-order chi connectivity index (χ1) is 14.6. The van der Waals surface area contributed by atoms with Crippen molar-refractivity contribution in [2.75, 3.05) is 23.7 Å². The third-order valence-corrected chi connectivity index (χ3v) is 6.28. The van der Waals surface area contributed by atoms with Crippen LogP contribution in [0.1, 0.15) is 41.5 Å². The first kappa shape index (κ1) is 21.2. The van der Waals surface area contributed by atoms with Gasteiger partial charge in [-0.05, 0) is 51.1 Å². The zero-order valence-electron chi connectivity index (χ0n) is 17.6. The number of ether oxygens (including phenoxy) is 1. The molecule has 8 heteroatoms. The maximum Gasteiger partial charge on any atom is 0.326 e. The summed E-state index contributed by atoms with van der Waals surface area (Å²) in [6.07, 6.45) is 0. The molecule has 0 fully saturated rings. The average Bonchev–Trinajstić information content (AvgIpc) is 2.83. The summed E-state index contributed by atoms with van der Waals surface area (Å²) < 4.78 is 5.50. The molecule has 1 atom stereocenters. The summed E-state index contributed by atoms with van der Waals surface area (Å²) in [5.74, 6) is -0.742. The van der Waals surface area contributed by atoms with Crippen LogP contribution in [0.3, 0.4) is 0 Å². The van der Waals surface area contributed by atoms with Gasteiger partial charge in [0.05, 0.1) is 22.9 Å². The second-order valence-electron chi connectivity index (χ2n) is 8.61. The van der Waals surface area contributed by atoms with Gasteiger partial charge in [0.25, 0.3) is 11.8 Å². The van der Waals surface area contributed by atoms with Crippen molar-refractivity contribution in [1.29, 1.82) is 0 Å². The number of fused-ring (bicyclic) bond motifs is 2. The van der Waals surface area contributed by atoms with Crippen molar-refractivity contribution in [3.63, 3.8) is 0 Å². The molecule has 0 unspecified atom stereocenters. The first-order valence-electron chi connectivity index (χ1n) is 10.0. The number of anilines is 1. The van der Waals surface area contributed by atoms with Crippen molar-refractivity contribution in [3.05, 3.63) is 53.6 Å². The summed E-state index contributed by atoms with van der Waals surface area (Å²) in [6, 6.07) is 11.5. The zero-order chi connectivity index (χ0) is 22.3. The third kappa shape index (κ3) is 4.25. The molecule has 2 aliphatic heterocycles. The Balaban J connectivity index is 1.63. The van der Waals surface area contributed by atoms with Crippen LogP contribution < -0.4 is 4.90 Å². The molecule has 2 heterocycles. The van der Waals surface area contributed by atoms with Crippen LogP contribution in [0.25, 0.3) is 0 Å². The maximum atomic E-state index is 13.0. The summed E-state index contributed by atoms with van der Waals surface area (Å²) in [6.45, 7) is 5.76. The molecule has 0 bridgehead atoms. The van der Waals surface area contributed by atoms with Crippen molar-refractivity contribution in [2.24, 2.45) is 0 Å². The molecular formula is C23H24N2O5S. The Hall–Kier alpha value is -3.00. The van der Waals surface area contributed by atoms with Gasteiger partial charge in [-0.1, -0.05) is 12.1 Å². The van der Waals surface area contributed by atoms with Gasteiger partial charge in [0.2, 0.25) is 0 Å². The predicted octanol–water partition coefficient (Wildman–Crippen LogP) is 3.31. The van der Waals surface area contributed by atoms with E-state index in [1.807, 2.05) is 49.9 Å². The number of phenols is 1. The summed E-state index contributed by atoms with van der Waals surface area (Å²) in [5.41, 5.74) is 0.750. The molecule has 2 aromatic carbocycles. The van der Waals surface area contributed by atoms with E-state index in [0.29, 0.717) is 12.3 Å². The smallest absolute Gasteiger partial charge is 0.326 e. The summed E-state index contributed by atoms with van der Waals surface area (Å²) in [5, 5.41) is 9.75. The van der Waals surface area contributed by atoms with E-state index in [1.54, 1.807) is 11.8 Å². The lowest BCUT2D eigenvalue weighted by Gasteiger charge is -2.31. The molecule has 0 spiro atoms. The Morgan fingerprint density at radius 3 is 2.58 bits per heavy atom. The van der Waals surface area contributed by atoms with Crippen LogP contribution >= 0.6 is 11.8 Å². The Bertz CT molecular complexity index is 1060. The highest BCUT2D eigenvalue weighted by atomic mass is 32.2. The van der Waals surface area contributed by atoms with Crippen molar-refractivity contribution >= 4 is 35.2 Å². The van der Waals surface area contributed by atoms with Gasteiger partial charge in [-0.3, -0.25) is 19.3 Å². The monoisotopic (exact) mass is 440 g/mol. The number of esters is 1. The largest absolute Gasteiger partial charge is 0.508 e. The lowest BCUT2D eigenvalue weighted by atomic mass is 10.1. The second kappa shape index (κ2) is 7.92. The molecule has 0 aliphatic carbocycles. The number of phenolic OH excluding ortho intramolecular Hbond substituents is 1. The van der Waals surface area contributed by atoms with Crippen LogP contribution in [0, 0.1) is 0 Å². The Morgan fingerprint density at radius 1 is 1.13 bits per heavy atom. The number of nitrogens with zero attached hydrogens (tertiary/aromatic N) is 2. The normalized spacial score (nSPS) is 18.5. The number of imide groups is 1. The third-order valence-electron chi connectivity index (χ3n) is 5.08. The molecule has 162 valence electrons. The van der Waals surface area contributed by atoms with E-state index in [1.165, 1.54) is 23.1 Å². The van der Waals surface area contributed by atoms with Crippen LogP contribution in [-0.2, 0) is 9.53 Å². The summed E-state index contributed by atoms with van der Waals surface area (Å²) >= 11 is 1.55. The molecule has 4 rings (SSSR count). The van der Waals surface area contributed by atoms with Crippen molar-refractivity contribution < 1.29 is 24.2 Å². The van der Waals surface area contributed by atoms with Crippen LogP contribution in [0.4, 0.5) is 5.69 Å². The summed E-state index contributed by atoms with van der Waals surface area (Å²) in [4.78, 5) is 42.7. The number of amides is 2. The Labute approximate surface area is 185 Å². The molecular weight excluding hydrogens is 416 g/mol. The molecule has 31 heavy (non-hydrogen) atoms. The standard InChI is InChI=1S/C23H24N2O5S/c1-23(2,3)30-20(27)12-24-11-14(13-31-19-7-5-4-6-18(19)24)25-21(28)16-9-8-15(26)10-17(16)22(25)29/h4-10,14,26H,11-13H2,1-3H3/t14-/m1/s1. The molecule has 2 aromatic rings. The lowest BCUT2D eigenvalue weighted by Crippen LogP contribution is -2.49. The fraction of sp³-hybridized carbons (Fsp3) is 0.348. The maximum absolute atomic E-state index is 13.0. The van der Waals surface area contributed by atoms with E-state index in [9.17, 15) is 19.5 Å². The quantitative estimate of drug-likeness (QED) is 0.579. The van der Waals surface area contributed by atoms with Crippen molar-refractivity contribution in [2.45, 2.75) is 37.3 Å². The van der Waals surface area contributed by atoms with Gasteiger partial charge in [0.15, 0.2) is 0 Å². The van der Waals surface area contributed by atoms with Gasteiger partial charge in [0.1, 0.15) is 17.9 Å². The van der Waals surface area contributed by atoms with Crippen LogP contribution in [0.2, 0.25) is 0 Å². The topological polar surface area (TPSA) is 87.2 Å². The van der Waals surface area contributed by atoms with Gasteiger partial charge in [-0.25, -0.2) is 0 Å². The lowest BCUT2D eigenvalue weighted by molar-refractivity contribution is -0.153. The van der Waals surface area contributed by atoms with Gasteiger partial charge in [-0.2, -0.15) is 0 Å². The first-order valence-corrected chi connectivity index (χ1v) is 11.0. The number of carbonyl (C=O) groups excluding carboxylic acids is 3. The molecule has 0 radical (unpaired) electrons. The van der Waals surface area contributed by atoms with Gasteiger partial charge >= 0.3 is 5.97 Å². The molecule has 2 aliphatic rings. The second-order valence-corrected chi connectivity index (χ2v) is 9.67. The minimum Gasteiger partial charge on any atom is -0.508 e. The van der Waals surface area contributed by atoms with Crippen LogP contribution in [-0.4, -0.2) is 58.3 Å². The fourth-order valence-corrected chi connectivity index (χ4v) is 4.99. The number of thioether (sulfide) groups is 1. The average molecular weight is 441 g/mol. The minimum atomic E-state index is -0.610. The van der Waals surface area contributed by atoms with E-state index < -0.39 is 17.6 Å². The van der Waals surface area contributed by atoms with E-state index in [-0.39, 0.29) is 35.3 Å². The number of rotatable bonds is 3. The molecule has 1 N–H and O–H groups in total. The Morgan fingerprint density at radius 2 is 1.84 bits per heavy atom.